The van der Waals surface area contributed by atoms with Crippen LogP contribution in [0.4, 0.5) is 11.5 Å². The first-order valence-corrected chi connectivity index (χ1v) is 9.83. The number of phenolic OH excluding ortho intramolecular Hbond substituents is 1. The fourth-order valence-corrected chi connectivity index (χ4v) is 3.46. The minimum Gasteiger partial charge on any atom is -0.502 e. The van der Waals surface area contributed by atoms with E-state index in [9.17, 15) is 5.11 Å². The van der Waals surface area contributed by atoms with E-state index in [0.29, 0.717) is 22.2 Å². The lowest BCUT2D eigenvalue weighted by Crippen LogP contribution is -1.97. The number of aromatic nitrogens is 2. The Kier molecular flexibility index (Phi) is 5.25. The highest BCUT2D eigenvalue weighted by molar-refractivity contribution is 9.10. The third-order valence-corrected chi connectivity index (χ3v) is 5.19. The van der Waals surface area contributed by atoms with Crippen LogP contribution in [0.15, 0.2) is 59.2 Å². The second-order valence-electron chi connectivity index (χ2n) is 6.25. The quantitative estimate of drug-likeness (QED) is 0.378. The van der Waals surface area contributed by atoms with Crippen LogP contribution in [-0.2, 0) is 0 Å². The number of methoxy groups -OCH3 is 2. The van der Waals surface area contributed by atoms with Crippen LogP contribution in [0, 0.1) is 0 Å². The lowest BCUT2D eigenvalue weighted by atomic mass is 10.1. The van der Waals surface area contributed by atoms with Gasteiger partial charge in [-0.1, -0.05) is 27.5 Å². The molecule has 2 aromatic heterocycles. The number of fused-ring (bicyclic) bond motifs is 1. The standard InChI is InChI=1S/C21H17BrClN3O3/c1-28-16-9-12(10-17(29-2)20(16)27)19-21(24-15-6-3-13(22)4-7-15)26-11-14(23)5-8-18(26)25-19/h3-11,24,27H,1-2H3. The second-order valence-corrected chi connectivity index (χ2v) is 7.60. The topological polar surface area (TPSA) is 68.0 Å². The maximum atomic E-state index is 10.3. The van der Waals surface area contributed by atoms with Crippen molar-refractivity contribution in [3.05, 3.63) is 64.2 Å². The smallest absolute Gasteiger partial charge is 0.200 e. The number of pyridine rings is 1. The molecule has 0 amide bonds. The number of phenols is 1. The predicted octanol–water partition coefficient (Wildman–Crippen LogP) is 5.88. The van der Waals surface area contributed by atoms with Crippen molar-refractivity contribution < 1.29 is 14.6 Å². The number of imidazole rings is 1. The van der Waals surface area contributed by atoms with Gasteiger partial charge in [0.2, 0.25) is 5.75 Å². The Morgan fingerprint density at radius 3 is 2.31 bits per heavy atom. The van der Waals surface area contributed by atoms with E-state index < -0.39 is 0 Å². The maximum Gasteiger partial charge on any atom is 0.200 e. The molecule has 2 N–H and O–H groups in total. The van der Waals surface area contributed by atoms with Gasteiger partial charge in [0.05, 0.1) is 19.2 Å². The molecule has 29 heavy (non-hydrogen) atoms. The van der Waals surface area contributed by atoms with E-state index in [4.69, 9.17) is 26.1 Å². The van der Waals surface area contributed by atoms with Gasteiger partial charge in [-0.15, -0.1) is 0 Å². The summed E-state index contributed by atoms with van der Waals surface area (Å²) in [4.78, 5) is 4.76. The normalized spacial score (nSPS) is 10.9. The minimum atomic E-state index is -0.0621. The first-order chi connectivity index (χ1) is 14.0. The van der Waals surface area contributed by atoms with Gasteiger partial charge in [0, 0.05) is 21.9 Å². The molecule has 2 aromatic carbocycles. The van der Waals surface area contributed by atoms with Crippen LogP contribution in [-0.4, -0.2) is 28.7 Å². The van der Waals surface area contributed by atoms with Gasteiger partial charge in [0.15, 0.2) is 11.5 Å². The lowest BCUT2D eigenvalue weighted by molar-refractivity contribution is 0.340. The molecule has 6 nitrogen and oxygen atoms in total. The molecule has 0 saturated carbocycles. The summed E-state index contributed by atoms with van der Waals surface area (Å²) < 4.78 is 13.5. The molecule has 4 aromatic rings. The fraction of sp³-hybridized carbons (Fsp3) is 0.0952. The van der Waals surface area contributed by atoms with Gasteiger partial charge in [0.25, 0.3) is 0 Å². The molecular weight excluding hydrogens is 458 g/mol. The first kappa shape index (κ1) is 19.4. The summed E-state index contributed by atoms with van der Waals surface area (Å²) in [5, 5.41) is 14.3. The molecule has 0 spiro atoms. The molecule has 0 saturated heterocycles. The maximum absolute atomic E-state index is 10.3. The zero-order valence-electron chi connectivity index (χ0n) is 15.6. The summed E-state index contributed by atoms with van der Waals surface area (Å²) in [5.74, 6) is 1.25. The molecule has 0 aliphatic rings. The van der Waals surface area contributed by atoms with E-state index in [-0.39, 0.29) is 5.75 Å². The fourth-order valence-electron chi connectivity index (χ4n) is 3.04. The van der Waals surface area contributed by atoms with Crippen LogP contribution in [0.3, 0.4) is 0 Å². The number of aromatic hydroxyl groups is 1. The Morgan fingerprint density at radius 1 is 1.03 bits per heavy atom. The van der Waals surface area contributed by atoms with Crippen molar-refractivity contribution in [1.29, 1.82) is 0 Å². The van der Waals surface area contributed by atoms with E-state index in [0.717, 1.165) is 27.2 Å². The molecule has 0 unspecified atom stereocenters. The van der Waals surface area contributed by atoms with Crippen molar-refractivity contribution in [2.75, 3.05) is 19.5 Å². The number of halogens is 2. The zero-order chi connectivity index (χ0) is 20.5. The number of hydrogen-bond acceptors (Lipinski definition) is 5. The highest BCUT2D eigenvalue weighted by Gasteiger charge is 2.19. The van der Waals surface area contributed by atoms with Crippen LogP contribution in [0.2, 0.25) is 5.02 Å². The van der Waals surface area contributed by atoms with Crippen molar-refractivity contribution in [3.63, 3.8) is 0 Å². The van der Waals surface area contributed by atoms with E-state index in [2.05, 4.69) is 21.2 Å². The average Bonchev–Trinajstić information content (AvgIpc) is 3.07. The van der Waals surface area contributed by atoms with Crippen LogP contribution >= 0.6 is 27.5 Å². The summed E-state index contributed by atoms with van der Waals surface area (Å²) in [5.41, 5.74) is 2.98. The molecule has 2 heterocycles. The molecule has 0 aliphatic carbocycles. The van der Waals surface area contributed by atoms with Gasteiger partial charge in [-0.25, -0.2) is 4.98 Å². The van der Waals surface area contributed by atoms with Gasteiger partial charge in [-0.3, -0.25) is 4.40 Å². The SMILES string of the molecule is COc1cc(-c2nc3ccc(Cl)cn3c2Nc2ccc(Br)cc2)cc(OC)c1O. The highest BCUT2D eigenvalue weighted by Crippen LogP contribution is 2.42. The average molecular weight is 475 g/mol. The van der Waals surface area contributed by atoms with Gasteiger partial charge >= 0.3 is 0 Å². The summed E-state index contributed by atoms with van der Waals surface area (Å²) in [6.07, 6.45) is 1.80. The van der Waals surface area contributed by atoms with Gasteiger partial charge in [0.1, 0.15) is 17.2 Å². The molecule has 0 atom stereocenters. The largest absolute Gasteiger partial charge is 0.502 e. The Hall–Kier alpha value is -2.90. The third kappa shape index (κ3) is 3.71. The molecule has 0 bridgehead atoms. The summed E-state index contributed by atoms with van der Waals surface area (Å²) in [7, 11) is 2.98. The molecule has 4 rings (SSSR count). The van der Waals surface area contributed by atoms with Crippen molar-refractivity contribution in [3.8, 4) is 28.5 Å². The minimum absolute atomic E-state index is 0.0621. The van der Waals surface area contributed by atoms with Crippen LogP contribution < -0.4 is 14.8 Å². The monoisotopic (exact) mass is 473 g/mol. The Morgan fingerprint density at radius 2 is 1.69 bits per heavy atom. The Bertz CT molecular complexity index is 1170. The molecule has 0 fully saturated rings. The van der Waals surface area contributed by atoms with E-state index in [1.54, 1.807) is 24.4 Å². The number of nitrogens with one attached hydrogen (secondary N) is 1. The number of hydrogen-bond donors (Lipinski definition) is 2. The van der Waals surface area contributed by atoms with E-state index in [1.807, 2.05) is 34.7 Å². The number of nitrogens with zero attached hydrogens (tertiary/aromatic N) is 2. The molecule has 8 heteroatoms. The summed E-state index contributed by atoms with van der Waals surface area (Å²) in [6.45, 7) is 0. The van der Waals surface area contributed by atoms with E-state index >= 15 is 0 Å². The van der Waals surface area contributed by atoms with Crippen molar-refractivity contribution in [2.45, 2.75) is 0 Å². The van der Waals surface area contributed by atoms with Crippen molar-refractivity contribution in [1.82, 2.24) is 9.38 Å². The Balaban J connectivity index is 1.93. The van der Waals surface area contributed by atoms with Crippen molar-refractivity contribution >= 4 is 44.7 Å². The molecule has 0 aliphatic heterocycles. The summed E-state index contributed by atoms with van der Waals surface area (Å²) >= 11 is 9.68. The number of ether oxygens (including phenoxy) is 2. The highest BCUT2D eigenvalue weighted by atomic mass is 79.9. The molecule has 0 radical (unpaired) electrons. The summed E-state index contributed by atoms with van der Waals surface area (Å²) in [6, 6.07) is 14.9. The molecular formula is C21H17BrClN3O3. The van der Waals surface area contributed by atoms with Crippen LogP contribution in [0.5, 0.6) is 17.2 Å². The number of benzene rings is 2. The predicted molar refractivity (Wildman–Crippen MR) is 118 cm³/mol. The first-order valence-electron chi connectivity index (χ1n) is 8.65. The molecule has 148 valence electrons. The zero-order valence-corrected chi connectivity index (χ0v) is 18.0. The third-order valence-electron chi connectivity index (χ3n) is 4.44. The Labute approximate surface area is 180 Å². The van der Waals surface area contributed by atoms with Crippen LogP contribution in [0.25, 0.3) is 16.9 Å². The van der Waals surface area contributed by atoms with E-state index in [1.165, 1.54) is 14.2 Å². The van der Waals surface area contributed by atoms with Gasteiger partial charge in [-0.2, -0.15) is 0 Å². The second kappa shape index (κ2) is 7.85. The number of anilines is 2. The number of rotatable bonds is 5. The van der Waals surface area contributed by atoms with Gasteiger partial charge in [-0.05, 0) is 48.5 Å². The van der Waals surface area contributed by atoms with Gasteiger partial charge < -0.3 is 19.9 Å². The van der Waals surface area contributed by atoms with Crippen LogP contribution in [0.1, 0.15) is 0 Å². The van der Waals surface area contributed by atoms with Crippen molar-refractivity contribution in [2.24, 2.45) is 0 Å². The lowest BCUT2D eigenvalue weighted by Gasteiger charge is -2.12.